The van der Waals surface area contributed by atoms with Gasteiger partial charge in [0.05, 0.1) is 19.8 Å². The Bertz CT molecular complexity index is 907. The second-order valence-electron chi connectivity index (χ2n) is 6.18. The molecule has 28 heavy (non-hydrogen) atoms. The summed E-state index contributed by atoms with van der Waals surface area (Å²) in [5, 5.41) is 7.24. The minimum atomic E-state index is -0.155. The lowest BCUT2D eigenvalue weighted by Gasteiger charge is -2.13. The molecule has 6 heteroatoms. The van der Waals surface area contributed by atoms with E-state index < -0.39 is 0 Å². The lowest BCUT2D eigenvalue weighted by Crippen LogP contribution is -2.23. The molecule has 1 aromatic heterocycles. The van der Waals surface area contributed by atoms with E-state index in [2.05, 4.69) is 10.4 Å². The molecule has 6 nitrogen and oxygen atoms in total. The lowest BCUT2D eigenvalue weighted by molar-refractivity contribution is 0.0950. The molecule has 0 atom stereocenters. The number of carbonyl (C=O) groups excluding carboxylic acids is 1. The molecule has 1 N–H and O–H groups in total. The van der Waals surface area contributed by atoms with Crippen molar-refractivity contribution in [2.45, 2.75) is 26.9 Å². The second-order valence-corrected chi connectivity index (χ2v) is 6.18. The minimum absolute atomic E-state index is 0.155. The van der Waals surface area contributed by atoms with Crippen molar-refractivity contribution in [1.29, 1.82) is 0 Å². The number of amides is 1. The lowest BCUT2D eigenvalue weighted by atomic mass is 10.1. The van der Waals surface area contributed by atoms with Crippen molar-refractivity contribution in [3.05, 3.63) is 77.6 Å². The van der Waals surface area contributed by atoms with Crippen LogP contribution >= 0.6 is 0 Å². The Hall–Kier alpha value is -3.28. The number of ether oxygens (including phenoxy) is 2. The fourth-order valence-corrected chi connectivity index (χ4v) is 2.92. The summed E-state index contributed by atoms with van der Waals surface area (Å²) in [6.07, 6.45) is 3.68. The van der Waals surface area contributed by atoms with Crippen LogP contribution in [0.5, 0.6) is 11.5 Å². The molecule has 3 aromatic rings. The summed E-state index contributed by atoms with van der Waals surface area (Å²) in [5.74, 6) is 1.07. The van der Waals surface area contributed by atoms with Gasteiger partial charge in [0.2, 0.25) is 0 Å². The third-order valence-corrected chi connectivity index (χ3v) is 4.25. The van der Waals surface area contributed by atoms with Crippen LogP contribution in [0.2, 0.25) is 0 Å². The van der Waals surface area contributed by atoms with Gasteiger partial charge in [0.1, 0.15) is 0 Å². The monoisotopic (exact) mass is 379 g/mol. The molecule has 2 aromatic carbocycles. The SMILES string of the molecule is CCOc1ccc(C(=O)NCc2ccccc2Cn2cccn2)cc1OCC. The Morgan fingerprint density at radius 3 is 2.46 bits per heavy atom. The number of carbonyl (C=O) groups is 1. The normalized spacial score (nSPS) is 10.5. The predicted molar refractivity (Wildman–Crippen MR) is 108 cm³/mol. The van der Waals surface area contributed by atoms with Crippen molar-refractivity contribution < 1.29 is 14.3 Å². The van der Waals surface area contributed by atoms with Crippen LogP contribution < -0.4 is 14.8 Å². The third kappa shape index (κ3) is 4.91. The quantitative estimate of drug-likeness (QED) is 0.616. The number of aromatic nitrogens is 2. The second kappa shape index (κ2) is 9.60. The Kier molecular flexibility index (Phi) is 6.68. The fourth-order valence-electron chi connectivity index (χ4n) is 2.92. The van der Waals surface area contributed by atoms with Gasteiger partial charge in [0.15, 0.2) is 11.5 Å². The number of hydrogen-bond donors (Lipinski definition) is 1. The van der Waals surface area contributed by atoms with Crippen molar-refractivity contribution in [3.8, 4) is 11.5 Å². The van der Waals surface area contributed by atoms with Crippen LogP contribution in [0.3, 0.4) is 0 Å². The molecule has 3 rings (SSSR count). The standard InChI is InChI=1S/C22H25N3O3/c1-3-27-20-11-10-17(14-21(20)28-4-2)22(26)23-15-18-8-5-6-9-19(18)16-25-13-7-12-24-25/h5-14H,3-4,15-16H2,1-2H3,(H,23,26). The van der Waals surface area contributed by atoms with Crippen molar-refractivity contribution in [2.75, 3.05) is 13.2 Å². The van der Waals surface area contributed by atoms with Gasteiger partial charge in [-0.1, -0.05) is 24.3 Å². The molecule has 0 spiro atoms. The van der Waals surface area contributed by atoms with Gasteiger partial charge in [-0.05, 0) is 49.2 Å². The van der Waals surface area contributed by atoms with Crippen LogP contribution in [0.25, 0.3) is 0 Å². The maximum Gasteiger partial charge on any atom is 0.251 e. The van der Waals surface area contributed by atoms with Crippen molar-refractivity contribution in [3.63, 3.8) is 0 Å². The van der Waals surface area contributed by atoms with Crippen LogP contribution in [0.4, 0.5) is 0 Å². The molecule has 146 valence electrons. The van der Waals surface area contributed by atoms with Gasteiger partial charge in [-0.25, -0.2) is 0 Å². The van der Waals surface area contributed by atoms with Gasteiger partial charge in [-0.2, -0.15) is 5.10 Å². The van der Waals surface area contributed by atoms with E-state index >= 15 is 0 Å². The first-order valence-corrected chi connectivity index (χ1v) is 9.43. The first-order valence-electron chi connectivity index (χ1n) is 9.43. The summed E-state index contributed by atoms with van der Waals surface area (Å²) in [6.45, 7) is 5.96. The highest BCUT2D eigenvalue weighted by Crippen LogP contribution is 2.28. The van der Waals surface area contributed by atoms with Gasteiger partial charge in [-0.15, -0.1) is 0 Å². The van der Waals surface area contributed by atoms with E-state index in [0.29, 0.717) is 43.4 Å². The molecule has 0 saturated heterocycles. The van der Waals surface area contributed by atoms with Crippen LogP contribution in [-0.4, -0.2) is 28.9 Å². The zero-order chi connectivity index (χ0) is 19.8. The molecule has 0 fully saturated rings. The molecule has 1 amide bonds. The average Bonchev–Trinajstić information content (AvgIpc) is 3.22. The molecule has 0 bridgehead atoms. The molecular weight excluding hydrogens is 354 g/mol. The van der Waals surface area contributed by atoms with E-state index in [9.17, 15) is 4.79 Å². The minimum Gasteiger partial charge on any atom is -0.490 e. The smallest absolute Gasteiger partial charge is 0.251 e. The summed E-state index contributed by atoms with van der Waals surface area (Å²) < 4.78 is 13.0. The summed E-state index contributed by atoms with van der Waals surface area (Å²) >= 11 is 0. The molecule has 1 heterocycles. The van der Waals surface area contributed by atoms with Gasteiger partial charge in [0, 0.05) is 24.5 Å². The molecule has 0 aliphatic heterocycles. The van der Waals surface area contributed by atoms with Crippen LogP contribution in [0, 0.1) is 0 Å². The molecular formula is C22H25N3O3. The predicted octanol–water partition coefficient (Wildman–Crippen LogP) is 3.66. The first-order chi connectivity index (χ1) is 13.7. The Morgan fingerprint density at radius 1 is 1.00 bits per heavy atom. The first kappa shape index (κ1) is 19.5. The molecule has 0 radical (unpaired) electrons. The number of nitrogens with zero attached hydrogens (tertiary/aromatic N) is 2. The van der Waals surface area contributed by atoms with Crippen molar-refractivity contribution >= 4 is 5.91 Å². The van der Waals surface area contributed by atoms with E-state index in [-0.39, 0.29) is 5.91 Å². The topological polar surface area (TPSA) is 65.4 Å². The summed E-state index contributed by atoms with van der Waals surface area (Å²) in [6, 6.07) is 15.2. The summed E-state index contributed by atoms with van der Waals surface area (Å²) in [7, 11) is 0. The van der Waals surface area contributed by atoms with E-state index in [4.69, 9.17) is 9.47 Å². The highest BCUT2D eigenvalue weighted by molar-refractivity contribution is 5.94. The Labute approximate surface area is 165 Å². The van der Waals surface area contributed by atoms with E-state index in [1.54, 1.807) is 24.4 Å². The van der Waals surface area contributed by atoms with E-state index in [1.165, 1.54) is 0 Å². The van der Waals surface area contributed by atoms with Crippen LogP contribution in [0.15, 0.2) is 60.9 Å². The largest absolute Gasteiger partial charge is 0.490 e. The maximum absolute atomic E-state index is 12.6. The van der Waals surface area contributed by atoms with Gasteiger partial charge < -0.3 is 14.8 Å². The number of nitrogens with one attached hydrogen (secondary N) is 1. The highest BCUT2D eigenvalue weighted by atomic mass is 16.5. The maximum atomic E-state index is 12.6. The zero-order valence-electron chi connectivity index (χ0n) is 16.2. The average molecular weight is 379 g/mol. The zero-order valence-corrected chi connectivity index (χ0v) is 16.2. The highest BCUT2D eigenvalue weighted by Gasteiger charge is 2.12. The molecule has 0 aliphatic rings. The Balaban J connectivity index is 1.70. The van der Waals surface area contributed by atoms with Gasteiger partial charge in [-0.3, -0.25) is 9.48 Å². The van der Waals surface area contributed by atoms with Gasteiger partial charge >= 0.3 is 0 Å². The molecule has 0 aliphatic carbocycles. The van der Waals surface area contributed by atoms with Crippen molar-refractivity contribution in [2.24, 2.45) is 0 Å². The number of rotatable bonds is 9. The van der Waals surface area contributed by atoms with Gasteiger partial charge in [0.25, 0.3) is 5.91 Å². The van der Waals surface area contributed by atoms with Crippen LogP contribution in [-0.2, 0) is 13.1 Å². The molecule has 0 unspecified atom stereocenters. The fraction of sp³-hybridized carbons (Fsp3) is 0.273. The number of hydrogen-bond acceptors (Lipinski definition) is 4. The number of benzene rings is 2. The Morgan fingerprint density at radius 2 is 1.75 bits per heavy atom. The summed E-state index contributed by atoms with van der Waals surface area (Å²) in [5.41, 5.74) is 2.71. The van der Waals surface area contributed by atoms with E-state index in [1.807, 2.05) is 55.1 Å². The molecule has 0 saturated carbocycles. The van der Waals surface area contributed by atoms with Crippen LogP contribution in [0.1, 0.15) is 35.3 Å². The van der Waals surface area contributed by atoms with Crippen molar-refractivity contribution in [1.82, 2.24) is 15.1 Å². The van der Waals surface area contributed by atoms with E-state index in [0.717, 1.165) is 11.1 Å². The summed E-state index contributed by atoms with van der Waals surface area (Å²) in [4.78, 5) is 12.6. The third-order valence-electron chi connectivity index (χ3n) is 4.25.